The van der Waals surface area contributed by atoms with Crippen LogP contribution in [0, 0.1) is 6.92 Å². The Kier molecular flexibility index (Phi) is 6.34. The van der Waals surface area contributed by atoms with Crippen LogP contribution in [0.2, 0.25) is 0 Å². The van der Waals surface area contributed by atoms with Gasteiger partial charge in [-0.3, -0.25) is 4.79 Å². The molecule has 0 fully saturated rings. The van der Waals surface area contributed by atoms with Gasteiger partial charge in [0.05, 0.1) is 14.2 Å². The fourth-order valence-electron chi connectivity index (χ4n) is 2.33. The first-order valence-electron chi connectivity index (χ1n) is 7.81. The second-order valence-corrected chi connectivity index (χ2v) is 5.49. The molecule has 5 heteroatoms. The van der Waals surface area contributed by atoms with E-state index in [9.17, 15) is 9.59 Å². The summed E-state index contributed by atoms with van der Waals surface area (Å²) in [5, 5.41) is 2.79. The SMILES string of the molecule is COC(=O)c1cc(CNC(=O)/C=C/c2cccc(C)c2)ccc1OC. The summed E-state index contributed by atoms with van der Waals surface area (Å²) in [5.41, 5.74) is 3.20. The maximum Gasteiger partial charge on any atom is 0.341 e. The van der Waals surface area contributed by atoms with Crippen LogP contribution < -0.4 is 10.1 Å². The lowest BCUT2D eigenvalue weighted by Gasteiger charge is -2.09. The molecule has 1 amide bonds. The molecular formula is C20H21NO4. The van der Waals surface area contributed by atoms with E-state index in [1.54, 1.807) is 24.3 Å². The minimum absolute atomic E-state index is 0.211. The lowest BCUT2D eigenvalue weighted by atomic mass is 10.1. The molecule has 2 rings (SSSR count). The number of esters is 1. The highest BCUT2D eigenvalue weighted by Crippen LogP contribution is 2.20. The number of aryl methyl sites for hydroxylation is 1. The van der Waals surface area contributed by atoms with E-state index in [2.05, 4.69) is 5.32 Å². The maximum absolute atomic E-state index is 12.0. The van der Waals surface area contributed by atoms with Crippen molar-refractivity contribution in [3.8, 4) is 5.75 Å². The highest BCUT2D eigenvalue weighted by atomic mass is 16.5. The van der Waals surface area contributed by atoms with Gasteiger partial charge in [-0.1, -0.05) is 35.9 Å². The molecular weight excluding hydrogens is 318 g/mol. The zero-order valence-corrected chi connectivity index (χ0v) is 14.5. The smallest absolute Gasteiger partial charge is 0.341 e. The van der Waals surface area contributed by atoms with Crippen molar-refractivity contribution in [1.82, 2.24) is 5.32 Å². The van der Waals surface area contributed by atoms with Gasteiger partial charge >= 0.3 is 5.97 Å². The number of ether oxygens (including phenoxy) is 2. The van der Waals surface area contributed by atoms with Crippen LogP contribution in [0.4, 0.5) is 0 Å². The summed E-state index contributed by atoms with van der Waals surface area (Å²) in [6.07, 6.45) is 3.25. The molecule has 130 valence electrons. The summed E-state index contributed by atoms with van der Waals surface area (Å²) in [7, 11) is 2.80. The van der Waals surface area contributed by atoms with Gasteiger partial charge in [0.25, 0.3) is 0 Å². The Morgan fingerprint density at radius 2 is 1.92 bits per heavy atom. The quantitative estimate of drug-likeness (QED) is 0.649. The van der Waals surface area contributed by atoms with E-state index in [4.69, 9.17) is 9.47 Å². The van der Waals surface area contributed by atoms with Crippen LogP contribution in [0.3, 0.4) is 0 Å². The largest absolute Gasteiger partial charge is 0.496 e. The van der Waals surface area contributed by atoms with Crippen LogP contribution in [0.1, 0.15) is 27.0 Å². The first-order chi connectivity index (χ1) is 12.0. The summed E-state index contributed by atoms with van der Waals surface area (Å²) < 4.78 is 9.89. The molecule has 0 aromatic heterocycles. The van der Waals surface area contributed by atoms with Gasteiger partial charge in [-0.25, -0.2) is 4.79 Å². The summed E-state index contributed by atoms with van der Waals surface area (Å²) in [5.74, 6) is -0.261. The van der Waals surface area contributed by atoms with Gasteiger partial charge in [0, 0.05) is 12.6 Å². The van der Waals surface area contributed by atoms with Crippen molar-refractivity contribution in [3.05, 3.63) is 70.8 Å². The first kappa shape index (κ1) is 18.3. The molecule has 2 aromatic rings. The van der Waals surface area contributed by atoms with Gasteiger partial charge in [0.15, 0.2) is 0 Å². The number of hydrogen-bond acceptors (Lipinski definition) is 4. The predicted molar refractivity (Wildman–Crippen MR) is 96.4 cm³/mol. The first-order valence-corrected chi connectivity index (χ1v) is 7.81. The Morgan fingerprint density at radius 1 is 1.12 bits per heavy atom. The molecule has 2 aromatic carbocycles. The van der Waals surface area contributed by atoms with Gasteiger partial charge in [0.1, 0.15) is 11.3 Å². The number of carbonyl (C=O) groups is 2. The number of carbonyl (C=O) groups excluding carboxylic acids is 2. The monoisotopic (exact) mass is 339 g/mol. The lowest BCUT2D eigenvalue weighted by Crippen LogP contribution is -2.20. The van der Waals surface area contributed by atoms with Crippen molar-refractivity contribution < 1.29 is 19.1 Å². The van der Waals surface area contributed by atoms with Crippen LogP contribution in [0.25, 0.3) is 6.08 Å². The zero-order chi connectivity index (χ0) is 18.2. The number of hydrogen-bond donors (Lipinski definition) is 1. The van der Waals surface area contributed by atoms with Gasteiger partial charge in [-0.05, 0) is 36.3 Å². The molecule has 0 saturated heterocycles. The highest BCUT2D eigenvalue weighted by molar-refractivity contribution is 5.93. The second kappa shape index (κ2) is 8.68. The molecule has 0 atom stereocenters. The minimum Gasteiger partial charge on any atom is -0.496 e. The molecule has 5 nitrogen and oxygen atoms in total. The fraction of sp³-hybridized carbons (Fsp3) is 0.200. The van der Waals surface area contributed by atoms with Crippen molar-refractivity contribution in [2.24, 2.45) is 0 Å². The Hall–Kier alpha value is -3.08. The van der Waals surface area contributed by atoms with Crippen LogP contribution in [0.5, 0.6) is 5.75 Å². The van der Waals surface area contributed by atoms with Crippen molar-refractivity contribution in [2.45, 2.75) is 13.5 Å². The summed E-state index contributed by atoms with van der Waals surface area (Å²) >= 11 is 0. The van der Waals surface area contributed by atoms with E-state index in [0.29, 0.717) is 17.9 Å². The lowest BCUT2D eigenvalue weighted by molar-refractivity contribution is -0.116. The molecule has 1 N–H and O–H groups in total. The molecule has 0 radical (unpaired) electrons. The number of rotatable bonds is 6. The van der Waals surface area contributed by atoms with E-state index >= 15 is 0 Å². The average Bonchev–Trinajstić information content (AvgIpc) is 2.63. The normalized spacial score (nSPS) is 10.5. The molecule has 0 aliphatic heterocycles. The Labute approximate surface area is 147 Å². The molecule has 0 heterocycles. The van der Waals surface area contributed by atoms with Crippen molar-refractivity contribution in [3.63, 3.8) is 0 Å². The fourth-order valence-corrected chi connectivity index (χ4v) is 2.33. The summed E-state index contributed by atoms with van der Waals surface area (Å²) in [6, 6.07) is 13.0. The Bertz CT molecular complexity index is 796. The number of benzene rings is 2. The van der Waals surface area contributed by atoms with Gasteiger partial charge < -0.3 is 14.8 Å². The summed E-state index contributed by atoms with van der Waals surface area (Å²) in [4.78, 5) is 23.7. The number of methoxy groups -OCH3 is 2. The Morgan fingerprint density at radius 3 is 2.60 bits per heavy atom. The molecule has 0 spiro atoms. The number of amides is 1. The standard InChI is InChI=1S/C20H21NO4/c1-14-5-4-6-15(11-14)8-10-19(22)21-13-16-7-9-18(24-2)17(12-16)20(23)25-3/h4-12H,13H2,1-3H3,(H,21,22)/b10-8+. The topological polar surface area (TPSA) is 64.6 Å². The third-order valence-corrected chi connectivity index (χ3v) is 3.61. The van der Waals surface area contributed by atoms with E-state index in [1.807, 2.05) is 31.2 Å². The molecule has 0 aliphatic carbocycles. The van der Waals surface area contributed by atoms with Crippen LogP contribution in [-0.4, -0.2) is 26.1 Å². The van der Waals surface area contributed by atoms with Crippen molar-refractivity contribution >= 4 is 18.0 Å². The third kappa shape index (κ3) is 5.21. The van der Waals surface area contributed by atoms with Gasteiger partial charge in [0.2, 0.25) is 5.91 Å². The Balaban J connectivity index is 2.00. The number of nitrogens with one attached hydrogen (secondary N) is 1. The zero-order valence-electron chi connectivity index (χ0n) is 14.5. The van der Waals surface area contributed by atoms with Crippen molar-refractivity contribution in [1.29, 1.82) is 0 Å². The minimum atomic E-state index is -0.482. The molecule has 0 unspecified atom stereocenters. The van der Waals surface area contributed by atoms with Crippen LogP contribution in [0.15, 0.2) is 48.5 Å². The third-order valence-electron chi connectivity index (χ3n) is 3.61. The van der Waals surface area contributed by atoms with Crippen LogP contribution >= 0.6 is 0 Å². The van der Waals surface area contributed by atoms with E-state index in [0.717, 1.165) is 16.7 Å². The maximum atomic E-state index is 12.0. The van der Waals surface area contributed by atoms with Gasteiger partial charge in [-0.2, -0.15) is 0 Å². The second-order valence-electron chi connectivity index (χ2n) is 5.49. The predicted octanol–water partition coefficient (Wildman–Crippen LogP) is 3.12. The molecule has 0 bridgehead atoms. The van der Waals surface area contributed by atoms with Gasteiger partial charge in [-0.15, -0.1) is 0 Å². The molecule has 25 heavy (non-hydrogen) atoms. The van der Waals surface area contributed by atoms with Crippen molar-refractivity contribution in [2.75, 3.05) is 14.2 Å². The molecule has 0 aliphatic rings. The average molecular weight is 339 g/mol. The highest BCUT2D eigenvalue weighted by Gasteiger charge is 2.13. The summed E-state index contributed by atoms with van der Waals surface area (Å²) in [6.45, 7) is 2.30. The molecule has 0 saturated carbocycles. The van der Waals surface area contributed by atoms with Crippen LogP contribution in [-0.2, 0) is 16.1 Å². The van der Waals surface area contributed by atoms with E-state index < -0.39 is 5.97 Å². The van der Waals surface area contributed by atoms with E-state index in [-0.39, 0.29) is 5.91 Å². The van der Waals surface area contributed by atoms with E-state index in [1.165, 1.54) is 20.3 Å².